The quantitative estimate of drug-likeness (QED) is 0.453. The molecule has 0 saturated carbocycles. The lowest BCUT2D eigenvalue weighted by Crippen LogP contribution is -2.17. The number of halogens is 3. The Balaban J connectivity index is 0.000000583. The molecule has 0 aliphatic heterocycles. The van der Waals surface area contributed by atoms with Crippen LogP contribution in [0.5, 0.6) is 0 Å². The average molecular weight is 272 g/mol. The van der Waals surface area contributed by atoms with Gasteiger partial charge in [-0.3, -0.25) is 4.89 Å². The minimum atomic E-state index is -0.847. The summed E-state index contributed by atoms with van der Waals surface area (Å²) in [5.74, 6) is -0.847. The molecule has 0 aromatic rings. The van der Waals surface area contributed by atoms with Gasteiger partial charge in [0.05, 0.1) is 16.3 Å². The van der Waals surface area contributed by atoms with Crippen LogP contribution in [0.25, 0.3) is 0 Å². The Morgan fingerprint density at radius 3 is 2.60 bits per heavy atom. The summed E-state index contributed by atoms with van der Waals surface area (Å²) in [4.78, 5) is 14.4. The maximum atomic E-state index is 10.8. The smallest absolute Gasteiger partial charge is 0.296 e. The maximum absolute atomic E-state index is 10.8. The largest absolute Gasteiger partial charge is 0.370 e. The zero-order chi connectivity index (χ0) is 11.8. The SMILES string of the molecule is C=C1C=CC=C(C(=O)OO)C1Cl.ClCCl. The van der Waals surface area contributed by atoms with Crippen LogP contribution in [0, 0.1) is 0 Å². The molecular formula is C9H9Cl3O3. The third-order valence-electron chi connectivity index (χ3n) is 1.50. The number of hydrogen-bond donors (Lipinski definition) is 1. The Morgan fingerprint density at radius 1 is 1.60 bits per heavy atom. The van der Waals surface area contributed by atoms with E-state index in [-0.39, 0.29) is 10.9 Å². The summed E-state index contributed by atoms with van der Waals surface area (Å²) in [7, 11) is 0. The third kappa shape index (κ3) is 4.71. The van der Waals surface area contributed by atoms with Crippen LogP contribution in [0.1, 0.15) is 0 Å². The molecule has 3 nitrogen and oxygen atoms in total. The van der Waals surface area contributed by atoms with Crippen molar-refractivity contribution in [3.63, 3.8) is 0 Å². The van der Waals surface area contributed by atoms with Gasteiger partial charge in [0.25, 0.3) is 0 Å². The van der Waals surface area contributed by atoms with Gasteiger partial charge >= 0.3 is 5.97 Å². The number of alkyl halides is 3. The second-order valence-electron chi connectivity index (χ2n) is 2.40. The van der Waals surface area contributed by atoms with E-state index in [4.69, 9.17) is 40.1 Å². The molecule has 0 spiro atoms. The fourth-order valence-electron chi connectivity index (χ4n) is 0.868. The number of carbonyl (C=O) groups is 1. The summed E-state index contributed by atoms with van der Waals surface area (Å²) in [6.45, 7) is 3.61. The molecule has 0 amide bonds. The molecule has 0 heterocycles. The van der Waals surface area contributed by atoms with Crippen LogP contribution >= 0.6 is 34.8 Å². The Kier molecular flexibility index (Phi) is 7.52. The van der Waals surface area contributed by atoms with Gasteiger partial charge in [0.1, 0.15) is 0 Å². The van der Waals surface area contributed by atoms with Crippen molar-refractivity contribution in [2.24, 2.45) is 0 Å². The van der Waals surface area contributed by atoms with Crippen molar-refractivity contribution in [1.82, 2.24) is 0 Å². The van der Waals surface area contributed by atoms with E-state index < -0.39 is 11.3 Å². The third-order valence-corrected chi connectivity index (χ3v) is 2.02. The molecule has 1 aliphatic carbocycles. The average Bonchev–Trinajstić information content (AvgIpc) is 2.22. The standard InChI is InChI=1S/C8H7ClO3.CH2Cl2/c1-5-3-2-4-6(7(5)9)8(10)12-11;2-1-3/h2-4,7,11H,1H2;1H2. The van der Waals surface area contributed by atoms with Crippen LogP contribution in [-0.4, -0.2) is 21.9 Å². The van der Waals surface area contributed by atoms with Crippen molar-refractivity contribution >= 4 is 40.8 Å². The maximum Gasteiger partial charge on any atom is 0.370 e. The normalized spacial score (nSPS) is 18.8. The summed E-state index contributed by atoms with van der Waals surface area (Å²) < 4.78 is 0. The molecule has 0 aromatic heterocycles. The highest BCUT2D eigenvalue weighted by atomic mass is 35.5. The summed E-state index contributed by atoms with van der Waals surface area (Å²) in [5, 5.41) is 7.67. The molecule has 6 heteroatoms. The van der Waals surface area contributed by atoms with Crippen LogP contribution in [0.15, 0.2) is 36.0 Å². The van der Waals surface area contributed by atoms with Gasteiger partial charge in [0, 0.05) is 0 Å². The van der Waals surface area contributed by atoms with Crippen molar-refractivity contribution in [1.29, 1.82) is 0 Å². The molecule has 1 rings (SSSR count). The molecule has 0 aromatic carbocycles. The molecule has 1 atom stereocenters. The predicted octanol–water partition coefficient (Wildman–Crippen LogP) is 3.08. The second-order valence-corrected chi connectivity index (χ2v) is 3.64. The van der Waals surface area contributed by atoms with Gasteiger partial charge in [-0.15, -0.1) is 34.8 Å². The van der Waals surface area contributed by atoms with Gasteiger partial charge in [-0.2, -0.15) is 5.26 Å². The molecule has 0 radical (unpaired) electrons. The molecular weight excluding hydrogens is 262 g/mol. The topological polar surface area (TPSA) is 46.5 Å². The van der Waals surface area contributed by atoms with Crippen LogP contribution in [0.2, 0.25) is 0 Å². The molecule has 1 unspecified atom stereocenters. The zero-order valence-corrected chi connectivity index (χ0v) is 9.89. The van der Waals surface area contributed by atoms with Gasteiger partial charge in [-0.1, -0.05) is 18.7 Å². The first kappa shape index (κ1) is 14.5. The fraction of sp³-hybridized carbons (Fsp3) is 0.222. The first-order chi connectivity index (χ1) is 7.08. The highest BCUT2D eigenvalue weighted by Gasteiger charge is 2.23. The van der Waals surface area contributed by atoms with Gasteiger partial charge in [-0.05, 0) is 11.6 Å². The lowest BCUT2D eigenvalue weighted by Gasteiger charge is -2.13. The van der Waals surface area contributed by atoms with Crippen LogP contribution < -0.4 is 0 Å². The molecule has 15 heavy (non-hydrogen) atoms. The summed E-state index contributed by atoms with van der Waals surface area (Å²) in [6.07, 6.45) is 4.78. The molecule has 1 N–H and O–H groups in total. The van der Waals surface area contributed by atoms with Gasteiger partial charge in [0.15, 0.2) is 0 Å². The van der Waals surface area contributed by atoms with Gasteiger partial charge in [0.2, 0.25) is 0 Å². The molecule has 84 valence electrons. The van der Waals surface area contributed by atoms with E-state index in [1.54, 1.807) is 12.2 Å². The summed E-state index contributed by atoms with van der Waals surface area (Å²) in [6, 6.07) is 0. The van der Waals surface area contributed by atoms with Crippen LogP contribution in [-0.2, 0) is 9.68 Å². The summed E-state index contributed by atoms with van der Waals surface area (Å²) >= 11 is 15.3. The van der Waals surface area contributed by atoms with Crippen molar-refractivity contribution in [3.8, 4) is 0 Å². The Hall–Kier alpha value is -0.480. The van der Waals surface area contributed by atoms with Crippen molar-refractivity contribution in [2.75, 3.05) is 5.34 Å². The summed E-state index contributed by atoms with van der Waals surface area (Å²) in [5.41, 5.74) is 0.784. The van der Waals surface area contributed by atoms with Crippen LogP contribution in [0.4, 0.5) is 0 Å². The minimum absolute atomic E-state index is 0.187. The molecule has 0 saturated heterocycles. The van der Waals surface area contributed by atoms with Gasteiger partial charge < -0.3 is 0 Å². The second kappa shape index (κ2) is 7.77. The van der Waals surface area contributed by atoms with Gasteiger partial charge in [-0.25, -0.2) is 4.79 Å². The lowest BCUT2D eigenvalue weighted by molar-refractivity contribution is -0.229. The Morgan fingerprint density at radius 2 is 2.13 bits per heavy atom. The number of hydrogen-bond acceptors (Lipinski definition) is 3. The van der Waals surface area contributed by atoms with E-state index in [0.717, 1.165) is 0 Å². The van der Waals surface area contributed by atoms with E-state index in [1.165, 1.54) is 6.08 Å². The van der Waals surface area contributed by atoms with E-state index in [0.29, 0.717) is 5.57 Å². The van der Waals surface area contributed by atoms with E-state index >= 15 is 0 Å². The fourth-order valence-corrected chi connectivity index (χ4v) is 1.10. The first-order valence-corrected chi connectivity index (χ1v) is 5.27. The molecule has 0 fully saturated rings. The zero-order valence-electron chi connectivity index (χ0n) is 7.62. The number of carbonyl (C=O) groups excluding carboxylic acids is 1. The highest BCUT2D eigenvalue weighted by molar-refractivity contribution is 6.40. The molecule has 0 bridgehead atoms. The van der Waals surface area contributed by atoms with Crippen molar-refractivity contribution in [2.45, 2.75) is 5.38 Å². The lowest BCUT2D eigenvalue weighted by atomic mass is 10.0. The molecule has 1 aliphatic rings. The number of allylic oxidation sites excluding steroid dienone is 4. The van der Waals surface area contributed by atoms with E-state index in [1.807, 2.05) is 0 Å². The Labute approximate surface area is 102 Å². The van der Waals surface area contributed by atoms with E-state index in [2.05, 4.69) is 11.5 Å². The minimum Gasteiger partial charge on any atom is -0.296 e. The monoisotopic (exact) mass is 270 g/mol. The Bertz CT molecular complexity index is 297. The van der Waals surface area contributed by atoms with Crippen molar-refractivity contribution < 1.29 is 14.9 Å². The number of rotatable bonds is 1. The first-order valence-electron chi connectivity index (χ1n) is 3.77. The van der Waals surface area contributed by atoms with Crippen molar-refractivity contribution in [3.05, 3.63) is 36.0 Å². The predicted molar refractivity (Wildman–Crippen MR) is 61.3 cm³/mol. The van der Waals surface area contributed by atoms with Crippen LogP contribution in [0.3, 0.4) is 0 Å². The highest BCUT2D eigenvalue weighted by Crippen LogP contribution is 2.23. The van der Waals surface area contributed by atoms with E-state index in [9.17, 15) is 4.79 Å².